The second kappa shape index (κ2) is 11.3. The van der Waals surface area contributed by atoms with Gasteiger partial charge in [-0.25, -0.2) is 0 Å². The summed E-state index contributed by atoms with van der Waals surface area (Å²) in [4.78, 5) is 30.4. The van der Waals surface area contributed by atoms with Crippen molar-refractivity contribution in [2.24, 2.45) is 21.5 Å². The van der Waals surface area contributed by atoms with Crippen molar-refractivity contribution in [2.45, 2.75) is 68.5 Å². The summed E-state index contributed by atoms with van der Waals surface area (Å²) in [5, 5.41) is 43.3. The number of hydrogen-bond acceptors (Lipinski definition) is 9. The van der Waals surface area contributed by atoms with E-state index in [0.29, 0.717) is 50.6 Å². The van der Waals surface area contributed by atoms with Crippen molar-refractivity contribution in [1.82, 2.24) is 10.6 Å². The Morgan fingerprint density at radius 2 is 1.71 bits per heavy atom. The van der Waals surface area contributed by atoms with E-state index >= 15 is 0 Å². The first kappa shape index (κ1) is 24.9. The van der Waals surface area contributed by atoms with E-state index in [-0.39, 0.29) is 19.4 Å². The van der Waals surface area contributed by atoms with Crippen molar-refractivity contribution in [3.05, 3.63) is 0 Å². The van der Waals surface area contributed by atoms with Gasteiger partial charge < -0.3 is 47.3 Å². The number of aliphatic hydroxyl groups excluding tert-OH is 2. The lowest BCUT2D eigenvalue weighted by Gasteiger charge is -2.23. The molecule has 2 saturated heterocycles. The number of aliphatic imine (C=N–C) groups is 2. The van der Waals surface area contributed by atoms with E-state index in [1.165, 1.54) is 0 Å². The first-order valence-electron chi connectivity index (χ1n) is 10.3. The van der Waals surface area contributed by atoms with Crippen molar-refractivity contribution >= 4 is 23.7 Å². The van der Waals surface area contributed by atoms with Gasteiger partial charge in [-0.05, 0) is 32.1 Å². The molecule has 2 rings (SSSR count). The van der Waals surface area contributed by atoms with Crippen LogP contribution in [0.3, 0.4) is 0 Å². The molecule has 0 aromatic rings. The Bertz CT molecular complexity index is 703. The number of unbranched alkanes of at least 4 members (excludes halogenated alkanes) is 1. The Morgan fingerprint density at radius 1 is 1.10 bits per heavy atom. The quantitative estimate of drug-likeness (QED) is 0.147. The van der Waals surface area contributed by atoms with Crippen LogP contribution in [0.25, 0.3) is 0 Å². The maximum atomic E-state index is 10.8. The number of carboxylic acids is 2. The number of nitrogens with two attached hydrogens (primary N) is 2. The number of ether oxygens (including phenoxy) is 1. The highest BCUT2D eigenvalue weighted by Crippen LogP contribution is 2.31. The number of nitrogens with zero attached hydrogens (tertiary/aromatic N) is 2. The zero-order valence-corrected chi connectivity index (χ0v) is 17.2. The SMILES string of the molecule is N[C@@H](CCCCN=C1NC(=NCCC[C@H](N)C(=O)O)NC12C[C@@H](O)[C@@H](CO)O2)C(=O)O. The minimum Gasteiger partial charge on any atom is -0.480 e. The van der Waals surface area contributed by atoms with E-state index in [1.807, 2.05) is 0 Å². The molecule has 176 valence electrons. The molecule has 31 heavy (non-hydrogen) atoms. The normalized spacial score (nSPS) is 29.8. The van der Waals surface area contributed by atoms with Crippen LogP contribution >= 0.6 is 0 Å². The Labute approximate surface area is 179 Å². The molecule has 1 spiro atoms. The second-order valence-corrected chi connectivity index (χ2v) is 7.68. The number of hydrogen-bond donors (Lipinski definition) is 8. The average molecular weight is 444 g/mol. The zero-order chi connectivity index (χ0) is 23.0. The maximum Gasteiger partial charge on any atom is 0.320 e. The summed E-state index contributed by atoms with van der Waals surface area (Å²) < 4.78 is 5.84. The number of aliphatic carboxylic acids is 2. The van der Waals surface area contributed by atoms with Crippen LogP contribution in [0, 0.1) is 0 Å². The van der Waals surface area contributed by atoms with Gasteiger partial charge in [0.15, 0.2) is 11.8 Å². The third-order valence-corrected chi connectivity index (χ3v) is 5.17. The van der Waals surface area contributed by atoms with Gasteiger partial charge in [0.05, 0.1) is 12.7 Å². The predicted molar refractivity (Wildman–Crippen MR) is 110 cm³/mol. The van der Waals surface area contributed by atoms with Crippen LogP contribution in [0.5, 0.6) is 0 Å². The van der Waals surface area contributed by atoms with Crippen LogP contribution in [0.2, 0.25) is 0 Å². The van der Waals surface area contributed by atoms with E-state index in [2.05, 4.69) is 20.6 Å². The summed E-state index contributed by atoms with van der Waals surface area (Å²) in [7, 11) is 0. The molecule has 2 aliphatic heterocycles. The monoisotopic (exact) mass is 444 g/mol. The van der Waals surface area contributed by atoms with Gasteiger partial charge in [-0.3, -0.25) is 19.6 Å². The van der Waals surface area contributed by atoms with Gasteiger partial charge in [-0.1, -0.05) is 0 Å². The average Bonchev–Trinajstić information content (AvgIpc) is 3.22. The predicted octanol–water partition coefficient (Wildman–Crippen LogP) is -2.45. The molecule has 0 radical (unpaired) electrons. The van der Waals surface area contributed by atoms with Crippen LogP contribution in [0.15, 0.2) is 9.98 Å². The maximum absolute atomic E-state index is 10.8. The van der Waals surface area contributed by atoms with Crippen molar-refractivity contribution < 1.29 is 34.8 Å². The van der Waals surface area contributed by atoms with Gasteiger partial charge in [0.1, 0.15) is 18.2 Å². The summed E-state index contributed by atoms with van der Waals surface area (Å²) in [5.74, 6) is -1.33. The number of carboxylic acid groups (broad SMARTS) is 2. The van der Waals surface area contributed by atoms with Crippen molar-refractivity contribution in [3.8, 4) is 0 Å². The number of rotatable bonds is 12. The fourth-order valence-corrected chi connectivity index (χ4v) is 3.36. The van der Waals surface area contributed by atoms with Gasteiger partial charge in [0.2, 0.25) is 5.72 Å². The minimum atomic E-state index is -1.15. The van der Waals surface area contributed by atoms with Crippen molar-refractivity contribution in [3.63, 3.8) is 0 Å². The van der Waals surface area contributed by atoms with Gasteiger partial charge in [-0.2, -0.15) is 0 Å². The number of aliphatic hydroxyl groups is 2. The van der Waals surface area contributed by atoms with Crippen LogP contribution in [-0.4, -0.2) is 93.9 Å². The van der Waals surface area contributed by atoms with Gasteiger partial charge in [0.25, 0.3) is 0 Å². The van der Waals surface area contributed by atoms with E-state index in [1.54, 1.807) is 0 Å². The molecule has 0 aromatic heterocycles. The molecule has 10 N–H and O–H groups in total. The molecule has 13 nitrogen and oxygen atoms in total. The summed E-state index contributed by atoms with van der Waals surface area (Å²) in [6.07, 6.45) is 0.740. The molecule has 2 fully saturated rings. The number of amidine groups is 1. The molecular weight excluding hydrogens is 412 g/mol. The van der Waals surface area contributed by atoms with Gasteiger partial charge >= 0.3 is 11.9 Å². The van der Waals surface area contributed by atoms with Crippen molar-refractivity contribution in [2.75, 3.05) is 19.7 Å². The lowest BCUT2D eigenvalue weighted by atomic mass is 10.1. The van der Waals surface area contributed by atoms with E-state index in [4.69, 9.17) is 26.4 Å². The Balaban J connectivity index is 1.97. The topological polar surface area (TPSA) is 225 Å². The lowest BCUT2D eigenvalue weighted by Crippen LogP contribution is -2.47. The summed E-state index contributed by atoms with van der Waals surface area (Å²) in [6.45, 7) is 0.339. The molecule has 2 aliphatic rings. The third kappa shape index (κ3) is 6.83. The molecule has 1 unspecified atom stereocenters. The zero-order valence-electron chi connectivity index (χ0n) is 17.2. The largest absolute Gasteiger partial charge is 0.480 e. The number of guanidine groups is 1. The fraction of sp³-hybridized carbons (Fsp3) is 0.778. The van der Waals surface area contributed by atoms with Gasteiger partial charge in [-0.15, -0.1) is 0 Å². The third-order valence-electron chi connectivity index (χ3n) is 5.17. The first-order valence-corrected chi connectivity index (χ1v) is 10.3. The lowest BCUT2D eigenvalue weighted by molar-refractivity contribution is -0.139. The number of carbonyl (C=O) groups is 2. The van der Waals surface area contributed by atoms with Crippen LogP contribution in [-0.2, 0) is 14.3 Å². The molecule has 2 heterocycles. The van der Waals surface area contributed by atoms with E-state index in [9.17, 15) is 19.8 Å². The van der Waals surface area contributed by atoms with Gasteiger partial charge in [0, 0.05) is 19.5 Å². The van der Waals surface area contributed by atoms with E-state index in [0.717, 1.165) is 0 Å². The highest BCUT2D eigenvalue weighted by molar-refractivity contribution is 6.11. The molecule has 0 amide bonds. The highest BCUT2D eigenvalue weighted by atomic mass is 16.6. The Morgan fingerprint density at radius 3 is 2.29 bits per heavy atom. The van der Waals surface area contributed by atoms with Crippen LogP contribution < -0.4 is 22.1 Å². The fourth-order valence-electron chi connectivity index (χ4n) is 3.36. The van der Waals surface area contributed by atoms with Crippen LogP contribution in [0.1, 0.15) is 38.5 Å². The standard InChI is InChI=1S/C18H32N6O7/c19-10(14(27)28)4-1-2-6-21-16-18(8-12(26)13(9-25)31-18)24-17(23-16)22-7-3-5-11(20)15(29)30/h10-13,25-26H,1-9,19-20H2,(H,27,28)(H,29,30)(H2,21,22,23,24)/t10-,11-,12+,13+,18?/m0/s1. The molecule has 0 aromatic carbocycles. The Kier molecular flexibility index (Phi) is 9.13. The molecule has 0 bridgehead atoms. The first-order chi connectivity index (χ1) is 14.7. The van der Waals surface area contributed by atoms with Crippen molar-refractivity contribution in [1.29, 1.82) is 0 Å². The molecule has 0 saturated carbocycles. The molecule has 13 heteroatoms. The smallest absolute Gasteiger partial charge is 0.320 e. The van der Waals surface area contributed by atoms with E-state index < -0.39 is 42.0 Å². The Hall–Kier alpha value is -2.32. The number of nitrogens with one attached hydrogen (secondary N) is 2. The summed E-state index contributed by atoms with van der Waals surface area (Å²) in [6, 6.07) is -1.85. The van der Waals surface area contributed by atoms with Crippen LogP contribution in [0.4, 0.5) is 0 Å². The molecule has 5 atom stereocenters. The highest BCUT2D eigenvalue weighted by Gasteiger charge is 2.53. The molecule has 0 aliphatic carbocycles. The second-order valence-electron chi connectivity index (χ2n) is 7.68. The molecular formula is C18H32N6O7. The summed E-state index contributed by atoms with van der Waals surface area (Å²) in [5.41, 5.74) is 9.81. The minimum absolute atomic E-state index is 0.150. The summed E-state index contributed by atoms with van der Waals surface area (Å²) >= 11 is 0.